The van der Waals surface area contributed by atoms with Crippen molar-refractivity contribution >= 4 is 49.0 Å². The Labute approximate surface area is 161 Å². The van der Waals surface area contributed by atoms with Gasteiger partial charge in [0, 0.05) is 16.5 Å². The zero-order chi connectivity index (χ0) is 18.0. The van der Waals surface area contributed by atoms with Crippen molar-refractivity contribution in [1.29, 1.82) is 0 Å². The molecular weight excluding hydrogens is 450 g/mol. The topological polar surface area (TPSA) is 67.5 Å². The molecule has 5 nitrogen and oxygen atoms in total. The zero-order valence-corrected chi connectivity index (χ0v) is 16.6. The Morgan fingerprint density at radius 2 is 2.04 bits per heavy atom. The van der Waals surface area contributed by atoms with Crippen molar-refractivity contribution in [3.8, 4) is 5.75 Å². The van der Waals surface area contributed by atoms with E-state index in [9.17, 15) is 9.90 Å². The first kappa shape index (κ1) is 17.8. The average molecular weight is 465 g/mol. The highest BCUT2D eigenvalue weighted by molar-refractivity contribution is 9.11. The summed E-state index contributed by atoms with van der Waals surface area (Å²) in [5.74, 6) is 0.654. The molecule has 0 saturated carbocycles. The van der Waals surface area contributed by atoms with Crippen LogP contribution in [0, 0.1) is 0 Å². The number of halogens is 2. The van der Waals surface area contributed by atoms with Crippen LogP contribution in [0.3, 0.4) is 0 Å². The van der Waals surface area contributed by atoms with Gasteiger partial charge in [0.15, 0.2) is 0 Å². The maximum absolute atomic E-state index is 12.8. The number of hydrogen-bond donors (Lipinski definition) is 1. The molecule has 1 aromatic heterocycles. The minimum atomic E-state index is -0.223. The fraction of sp³-hybridized carbons (Fsp3) is 0.167. The van der Waals surface area contributed by atoms with Gasteiger partial charge < -0.3 is 5.11 Å². The third kappa shape index (κ3) is 3.67. The fourth-order valence-corrected chi connectivity index (χ4v) is 3.74. The number of hydrogen-bond acceptors (Lipinski definition) is 4. The molecule has 1 heterocycles. The van der Waals surface area contributed by atoms with Gasteiger partial charge in [-0.25, -0.2) is 4.98 Å². The van der Waals surface area contributed by atoms with E-state index < -0.39 is 0 Å². The van der Waals surface area contributed by atoms with E-state index in [1.54, 1.807) is 24.3 Å². The molecule has 0 aliphatic carbocycles. The van der Waals surface area contributed by atoms with Crippen LogP contribution in [0.2, 0.25) is 0 Å². The van der Waals surface area contributed by atoms with Crippen molar-refractivity contribution in [2.75, 3.05) is 0 Å². The molecule has 0 aliphatic heterocycles. The molecule has 0 amide bonds. The van der Waals surface area contributed by atoms with Crippen molar-refractivity contribution in [1.82, 2.24) is 9.66 Å². The number of aromatic hydroxyl groups is 1. The lowest BCUT2D eigenvalue weighted by atomic mass is 10.2. The van der Waals surface area contributed by atoms with Gasteiger partial charge in [-0.3, -0.25) is 4.79 Å². The third-order valence-electron chi connectivity index (χ3n) is 3.66. The summed E-state index contributed by atoms with van der Waals surface area (Å²) in [7, 11) is 0. The summed E-state index contributed by atoms with van der Waals surface area (Å²) in [5, 5.41) is 15.0. The first-order chi connectivity index (χ1) is 12.0. The summed E-state index contributed by atoms with van der Waals surface area (Å²) in [6.45, 7) is 2.02. The summed E-state index contributed by atoms with van der Waals surface area (Å²) >= 11 is 6.66. The Hall–Kier alpha value is -1.99. The molecule has 0 unspecified atom stereocenters. The predicted octanol–water partition coefficient (Wildman–Crippen LogP) is 4.46. The van der Waals surface area contributed by atoms with Gasteiger partial charge in [-0.05, 0) is 46.6 Å². The number of para-hydroxylation sites is 1. The van der Waals surface area contributed by atoms with Gasteiger partial charge in [-0.1, -0.05) is 35.0 Å². The number of aromatic nitrogens is 2. The van der Waals surface area contributed by atoms with Gasteiger partial charge in [0.1, 0.15) is 11.6 Å². The van der Waals surface area contributed by atoms with Crippen LogP contribution >= 0.6 is 31.9 Å². The molecule has 0 saturated heterocycles. The summed E-state index contributed by atoms with van der Waals surface area (Å²) in [5.41, 5.74) is 0.929. The SMILES string of the molecule is CCCc1nc2ccccc2c(=O)n1N=Cc1cc(Br)cc(Br)c1O. The summed E-state index contributed by atoms with van der Waals surface area (Å²) in [4.78, 5) is 17.4. The number of aryl methyl sites for hydroxylation is 1. The Morgan fingerprint density at radius 3 is 2.80 bits per heavy atom. The molecule has 1 N–H and O–H groups in total. The van der Waals surface area contributed by atoms with Gasteiger partial charge >= 0.3 is 0 Å². The largest absolute Gasteiger partial charge is 0.506 e. The lowest BCUT2D eigenvalue weighted by Gasteiger charge is -2.08. The van der Waals surface area contributed by atoms with Gasteiger partial charge in [-0.2, -0.15) is 9.78 Å². The molecule has 7 heteroatoms. The molecule has 128 valence electrons. The maximum atomic E-state index is 12.8. The van der Waals surface area contributed by atoms with Crippen LogP contribution in [-0.4, -0.2) is 21.0 Å². The standard InChI is InChI=1S/C18H15Br2N3O2/c1-2-5-16-22-15-7-4-3-6-13(15)18(25)23(16)21-10-11-8-12(19)9-14(20)17(11)24/h3-4,6-10,24H,2,5H2,1H3. The van der Waals surface area contributed by atoms with Gasteiger partial charge in [0.25, 0.3) is 5.56 Å². The lowest BCUT2D eigenvalue weighted by molar-refractivity contribution is 0.471. The van der Waals surface area contributed by atoms with E-state index in [0.717, 1.165) is 10.9 Å². The Morgan fingerprint density at radius 1 is 1.28 bits per heavy atom. The highest BCUT2D eigenvalue weighted by atomic mass is 79.9. The van der Waals surface area contributed by atoms with E-state index in [2.05, 4.69) is 41.9 Å². The number of phenolic OH excluding ortho intramolecular Hbond substituents is 1. The predicted molar refractivity (Wildman–Crippen MR) is 106 cm³/mol. The molecule has 0 aliphatic rings. The fourth-order valence-electron chi connectivity index (χ4n) is 2.48. The monoisotopic (exact) mass is 463 g/mol. The summed E-state index contributed by atoms with van der Waals surface area (Å²) in [6, 6.07) is 10.7. The molecule has 0 radical (unpaired) electrons. The molecule has 3 aromatic rings. The molecule has 3 rings (SSSR count). The van der Waals surface area contributed by atoms with E-state index >= 15 is 0 Å². The number of nitrogens with zero attached hydrogens (tertiary/aromatic N) is 3. The molecular formula is C18H15Br2N3O2. The maximum Gasteiger partial charge on any atom is 0.282 e. The third-order valence-corrected chi connectivity index (χ3v) is 4.73. The highest BCUT2D eigenvalue weighted by Gasteiger charge is 2.10. The number of benzene rings is 2. The second kappa shape index (κ2) is 7.49. The van der Waals surface area contributed by atoms with E-state index in [1.807, 2.05) is 19.1 Å². The zero-order valence-electron chi connectivity index (χ0n) is 13.4. The second-order valence-corrected chi connectivity index (χ2v) is 7.25. The van der Waals surface area contributed by atoms with Crippen LogP contribution in [0.15, 0.2) is 55.2 Å². The molecule has 0 atom stereocenters. The van der Waals surface area contributed by atoms with Crippen LogP contribution in [0.4, 0.5) is 0 Å². The van der Waals surface area contributed by atoms with E-state index in [1.165, 1.54) is 10.9 Å². The highest BCUT2D eigenvalue weighted by Crippen LogP contribution is 2.30. The molecule has 2 aromatic carbocycles. The average Bonchev–Trinajstić information content (AvgIpc) is 2.59. The minimum absolute atomic E-state index is 0.0609. The Bertz CT molecular complexity index is 1030. The van der Waals surface area contributed by atoms with E-state index in [0.29, 0.717) is 33.2 Å². The number of phenols is 1. The van der Waals surface area contributed by atoms with Gasteiger partial charge in [0.05, 0.1) is 21.6 Å². The van der Waals surface area contributed by atoms with Crippen molar-refractivity contribution in [3.05, 3.63) is 67.1 Å². The van der Waals surface area contributed by atoms with Crippen LogP contribution in [0.25, 0.3) is 10.9 Å². The number of fused-ring (bicyclic) bond motifs is 1. The Balaban J connectivity index is 2.16. The second-order valence-electron chi connectivity index (χ2n) is 5.48. The summed E-state index contributed by atoms with van der Waals surface area (Å²) in [6.07, 6.45) is 2.93. The smallest absolute Gasteiger partial charge is 0.282 e. The first-order valence-electron chi connectivity index (χ1n) is 7.74. The van der Waals surface area contributed by atoms with Gasteiger partial charge in [-0.15, -0.1) is 0 Å². The quantitative estimate of drug-likeness (QED) is 0.579. The lowest BCUT2D eigenvalue weighted by Crippen LogP contribution is -2.22. The summed E-state index contributed by atoms with van der Waals surface area (Å²) < 4.78 is 2.64. The normalized spacial score (nSPS) is 11.5. The van der Waals surface area contributed by atoms with E-state index in [-0.39, 0.29) is 11.3 Å². The van der Waals surface area contributed by atoms with E-state index in [4.69, 9.17) is 0 Å². The number of rotatable bonds is 4. The molecule has 0 spiro atoms. The van der Waals surface area contributed by atoms with Crippen LogP contribution in [-0.2, 0) is 6.42 Å². The van der Waals surface area contributed by atoms with Crippen molar-refractivity contribution in [3.63, 3.8) is 0 Å². The van der Waals surface area contributed by atoms with Crippen molar-refractivity contribution < 1.29 is 5.11 Å². The van der Waals surface area contributed by atoms with Crippen LogP contribution < -0.4 is 5.56 Å². The van der Waals surface area contributed by atoms with Crippen molar-refractivity contribution in [2.24, 2.45) is 5.10 Å². The van der Waals surface area contributed by atoms with Gasteiger partial charge in [0.2, 0.25) is 0 Å². The van der Waals surface area contributed by atoms with Crippen molar-refractivity contribution in [2.45, 2.75) is 19.8 Å². The minimum Gasteiger partial charge on any atom is -0.506 e. The Kier molecular flexibility index (Phi) is 5.34. The molecule has 0 fully saturated rings. The molecule has 0 bridgehead atoms. The molecule has 25 heavy (non-hydrogen) atoms. The van der Waals surface area contributed by atoms with Crippen LogP contribution in [0.1, 0.15) is 24.7 Å². The first-order valence-corrected chi connectivity index (χ1v) is 9.33. The van der Waals surface area contributed by atoms with Crippen LogP contribution in [0.5, 0.6) is 5.75 Å².